The standard InChI is InChI=1S/C18H25NO/c1-13-5-7-18(12-19,8-6-13)17(4,20)16-10-14(2)9-15(3)11-16/h9-11,13,20H,5-8H2,1-4H3. The highest BCUT2D eigenvalue weighted by molar-refractivity contribution is 5.35. The van der Waals surface area contributed by atoms with Crippen LogP contribution >= 0.6 is 0 Å². The van der Waals surface area contributed by atoms with Crippen LogP contribution in [0.1, 0.15) is 56.2 Å². The van der Waals surface area contributed by atoms with Gasteiger partial charge in [-0.25, -0.2) is 0 Å². The van der Waals surface area contributed by atoms with Gasteiger partial charge >= 0.3 is 0 Å². The first-order valence-electron chi connectivity index (χ1n) is 7.53. The molecule has 0 bridgehead atoms. The number of rotatable bonds is 2. The van der Waals surface area contributed by atoms with E-state index in [1.807, 2.05) is 32.9 Å². The van der Waals surface area contributed by atoms with Crippen LogP contribution in [0.5, 0.6) is 0 Å². The topological polar surface area (TPSA) is 44.0 Å². The summed E-state index contributed by atoms with van der Waals surface area (Å²) in [7, 11) is 0. The summed E-state index contributed by atoms with van der Waals surface area (Å²) in [5.74, 6) is 0.659. The lowest BCUT2D eigenvalue weighted by atomic mass is 9.61. The second-order valence-corrected chi connectivity index (χ2v) is 6.83. The molecule has 1 aromatic carbocycles. The van der Waals surface area contributed by atoms with Crippen molar-refractivity contribution in [1.82, 2.24) is 0 Å². The predicted molar refractivity (Wildman–Crippen MR) is 81.2 cm³/mol. The predicted octanol–water partition coefficient (Wildman–Crippen LogP) is 4.23. The maximum Gasteiger partial charge on any atom is 0.105 e. The first kappa shape index (κ1) is 15.1. The average Bonchev–Trinajstić information content (AvgIpc) is 2.38. The minimum absolute atomic E-state index is 0.653. The monoisotopic (exact) mass is 271 g/mol. The summed E-state index contributed by atoms with van der Waals surface area (Å²) in [5.41, 5.74) is 1.42. The van der Waals surface area contributed by atoms with Crippen LogP contribution in [-0.2, 0) is 5.60 Å². The van der Waals surface area contributed by atoms with Crippen LogP contribution in [0.25, 0.3) is 0 Å². The number of hydrogen-bond donors (Lipinski definition) is 1. The quantitative estimate of drug-likeness (QED) is 0.874. The van der Waals surface area contributed by atoms with Crippen molar-refractivity contribution in [3.05, 3.63) is 34.9 Å². The van der Waals surface area contributed by atoms with Crippen LogP contribution in [-0.4, -0.2) is 5.11 Å². The molecular formula is C18H25NO. The smallest absolute Gasteiger partial charge is 0.105 e. The molecule has 2 nitrogen and oxygen atoms in total. The third-order valence-corrected chi connectivity index (χ3v) is 5.06. The SMILES string of the molecule is Cc1cc(C)cc(C(C)(O)C2(C#N)CCC(C)CC2)c1. The molecule has 0 spiro atoms. The molecule has 0 aromatic heterocycles. The highest BCUT2D eigenvalue weighted by Crippen LogP contribution is 2.50. The summed E-state index contributed by atoms with van der Waals surface area (Å²) in [6.07, 6.45) is 3.61. The fourth-order valence-corrected chi connectivity index (χ4v) is 3.49. The fourth-order valence-electron chi connectivity index (χ4n) is 3.49. The molecule has 0 heterocycles. The molecule has 0 aliphatic heterocycles. The van der Waals surface area contributed by atoms with Crippen molar-refractivity contribution < 1.29 is 5.11 Å². The van der Waals surface area contributed by atoms with Crippen molar-refractivity contribution in [3.63, 3.8) is 0 Å². The molecule has 1 N–H and O–H groups in total. The second-order valence-electron chi connectivity index (χ2n) is 6.83. The Labute approximate surface area is 122 Å². The number of nitrogens with zero attached hydrogens (tertiary/aromatic N) is 1. The lowest BCUT2D eigenvalue weighted by molar-refractivity contribution is -0.0687. The molecule has 1 aromatic rings. The molecule has 1 aliphatic rings. The lowest BCUT2D eigenvalue weighted by Crippen LogP contribution is -2.45. The number of aliphatic hydroxyl groups is 1. The molecule has 1 saturated carbocycles. The van der Waals surface area contributed by atoms with Gasteiger partial charge in [-0.15, -0.1) is 0 Å². The van der Waals surface area contributed by atoms with E-state index >= 15 is 0 Å². The summed E-state index contributed by atoms with van der Waals surface area (Å²) in [5, 5.41) is 20.9. The van der Waals surface area contributed by atoms with Gasteiger partial charge in [0.05, 0.1) is 11.5 Å². The molecule has 1 atom stereocenters. The van der Waals surface area contributed by atoms with Gasteiger partial charge in [0.2, 0.25) is 0 Å². The Morgan fingerprint density at radius 1 is 1.20 bits per heavy atom. The molecule has 1 fully saturated rings. The highest BCUT2D eigenvalue weighted by atomic mass is 16.3. The molecule has 108 valence electrons. The summed E-state index contributed by atoms with van der Waals surface area (Å²) < 4.78 is 0. The van der Waals surface area contributed by atoms with Crippen LogP contribution in [0.15, 0.2) is 18.2 Å². The maximum absolute atomic E-state index is 11.2. The molecule has 1 unspecified atom stereocenters. The van der Waals surface area contributed by atoms with Gasteiger partial charge in [0.25, 0.3) is 0 Å². The minimum Gasteiger partial charge on any atom is -0.384 e. The third-order valence-electron chi connectivity index (χ3n) is 5.06. The van der Waals surface area contributed by atoms with Gasteiger partial charge in [-0.2, -0.15) is 5.26 Å². The first-order valence-corrected chi connectivity index (χ1v) is 7.53. The Hall–Kier alpha value is -1.33. The summed E-state index contributed by atoms with van der Waals surface area (Å²) in [4.78, 5) is 0. The summed E-state index contributed by atoms with van der Waals surface area (Å²) >= 11 is 0. The molecule has 0 saturated heterocycles. The van der Waals surface area contributed by atoms with Crippen molar-refractivity contribution in [2.45, 2.75) is 59.0 Å². The van der Waals surface area contributed by atoms with E-state index in [9.17, 15) is 10.4 Å². The van der Waals surface area contributed by atoms with Crippen LogP contribution in [0.4, 0.5) is 0 Å². The van der Waals surface area contributed by atoms with Crippen LogP contribution in [0.2, 0.25) is 0 Å². The number of aryl methyl sites for hydroxylation is 2. The van der Waals surface area contributed by atoms with E-state index in [1.165, 1.54) is 0 Å². The van der Waals surface area contributed by atoms with Gasteiger partial charge in [-0.3, -0.25) is 0 Å². The normalized spacial score (nSPS) is 29.5. The molecule has 2 rings (SSSR count). The fraction of sp³-hybridized carbons (Fsp3) is 0.611. The minimum atomic E-state index is -1.08. The van der Waals surface area contributed by atoms with E-state index in [0.29, 0.717) is 5.92 Å². The van der Waals surface area contributed by atoms with E-state index in [4.69, 9.17) is 0 Å². The zero-order valence-corrected chi connectivity index (χ0v) is 13.0. The average molecular weight is 271 g/mol. The van der Waals surface area contributed by atoms with Gasteiger partial charge in [-0.05, 0) is 57.9 Å². The van der Waals surface area contributed by atoms with Gasteiger partial charge in [0.15, 0.2) is 0 Å². The number of hydrogen-bond acceptors (Lipinski definition) is 2. The van der Waals surface area contributed by atoms with E-state index in [1.54, 1.807) is 0 Å². The maximum atomic E-state index is 11.2. The van der Waals surface area contributed by atoms with E-state index in [-0.39, 0.29) is 0 Å². The Morgan fingerprint density at radius 2 is 1.70 bits per heavy atom. The zero-order chi connectivity index (χ0) is 15.0. The molecule has 20 heavy (non-hydrogen) atoms. The first-order chi connectivity index (χ1) is 9.30. The van der Waals surface area contributed by atoms with Gasteiger partial charge in [0, 0.05) is 0 Å². The zero-order valence-electron chi connectivity index (χ0n) is 13.0. The molecule has 0 radical (unpaired) electrons. The van der Waals surface area contributed by atoms with Gasteiger partial charge in [0.1, 0.15) is 5.60 Å². The van der Waals surface area contributed by atoms with Gasteiger partial charge < -0.3 is 5.11 Å². The Morgan fingerprint density at radius 3 is 2.15 bits per heavy atom. The molecule has 2 heteroatoms. The van der Waals surface area contributed by atoms with Crippen LogP contribution < -0.4 is 0 Å². The highest BCUT2D eigenvalue weighted by Gasteiger charge is 2.50. The van der Waals surface area contributed by atoms with Crippen LogP contribution in [0.3, 0.4) is 0 Å². The van der Waals surface area contributed by atoms with Crippen molar-refractivity contribution in [2.75, 3.05) is 0 Å². The van der Waals surface area contributed by atoms with E-state index < -0.39 is 11.0 Å². The second kappa shape index (κ2) is 5.22. The summed E-state index contributed by atoms with van der Waals surface area (Å²) in [6, 6.07) is 8.60. The Balaban J connectivity index is 2.44. The van der Waals surface area contributed by atoms with Crippen molar-refractivity contribution in [1.29, 1.82) is 5.26 Å². The largest absolute Gasteiger partial charge is 0.384 e. The summed E-state index contributed by atoms with van der Waals surface area (Å²) in [6.45, 7) is 8.12. The molecule has 1 aliphatic carbocycles. The van der Waals surface area contributed by atoms with Crippen molar-refractivity contribution in [3.8, 4) is 6.07 Å². The Kier molecular flexibility index (Phi) is 3.93. The third kappa shape index (κ3) is 2.47. The van der Waals surface area contributed by atoms with Crippen LogP contribution in [0, 0.1) is 36.5 Å². The molecular weight excluding hydrogens is 246 g/mol. The van der Waals surface area contributed by atoms with Crippen molar-refractivity contribution in [2.24, 2.45) is 11.3 Å². The Bertz CT molecular complexity index is 511. The number of nitriles is 1. The molecule has 0 amide bonds. The van der Waals surface area contributed by atoms with E-state index in [2.05, 4.69) is 19.1 Å². The van der Waals surface area contributed by atoms with Gasteiger partial charge in [-0.1, -0.05) is 36.2 Å². The van der Waals surface area contributed by atoms with Crippen molar-refractivity contribution >= 4 is 0 Å². The number of benzene rings is 1. The lowest BCUT2D eigenvalue weighted by Gasteiger charge is -2.44. The van der Waals surface area contributed by atoms with E-state index in [0.717, 1.165) is 42.4 Å².